The second kappa shape index (κ2) is 6.63. The normalized spacial score (nSPS) is 15.2. The summed E-state index contributed by atoms with van der Waals surface area (Å²) in [4.78, 5) is 11.3. The molecule has 2 aromatic rings. The first-order valence-electron chi connectivity index (χ1n) is 7.68. The Morgan fingerprint density at radius 2 is 2.21 bits per heavy atom. The Morgan fingerprint density at radius 3 is 2.96 bits per heavy atom. The van der Waals surface area contributed by atoms with Crippen molar-refractivity contribution in [2.24, 2.45) is 0 Å². The number of carbonyl (C=O) groups is 1. The van der Waals surface area contributed by atoms with E-state index < -0.39 is 5.78 Å². The highest BCUT2D eigenvalue weighted by Crippen LogP contribution is 2.38. The molecular formula is C19H17NO4. The lowest BCUT2D eigenvalue weighted by molar-refractivity contribution is -0.114. The summed E-state index contributed by atoms with van der Waals surface area (Å²) < 4.78 is 11.4. The van der Waals surface area contributed by atoms with E-state index in [9.17, 15) is 9.90 Å². The number of ether oxygens (including phenoxy) is 2. The molecule has 1 aliphatic rings. The molecule has 0 amide bonds. The van der Waals surface area contributed by atoms with Crippen LogP contribution in [-0.2, 0) is 11.4 Å². The zero-order valence-electron chi connectivity index (χ0n) is 13.3. The van der Waals surface area contributed by atoms with Crippen LogP contribution >= 0.6 is 0 Å². The molecular weight excluding hydrogens is 306 g/mol. The van der Waals surface area contributed by atoms with Gasteiger partial charge in [0.05, 0.1) is 6.61 Å². The molecule has 2 aromatic carbocycles. The molecule has 24 heavy (non-hydrogen) atoms. The molecule has 0 radical (unpaired) electrons. The Labute approximate surface area is 140 Å². The topological polar surface area (TPSA) is 79.5 Å². The number of aryl methyl sites for hydroxylation is 1. The number of nitriles is 1. The van der Waals surface area contributed by atoms with E-state index in [1.165, 1.54) is 0 Å². The Morgan fingerprint density at radius 1 is 1.38 bits per heavy atom. The highest BCUT2D eigenvalue weighted by Gasteiger charge is 2.26. The fourth-order valence-electron chi connectivity index (χ4n) is 2.79. The van der Waals surface area contributed by atoms with Crippen LogP contribution in [0.5, 0.6) is 17.2 Å². The smallest absolute Gasteiger partial charge is 0.232 e. The second-order valence-electron chi connectivity index (χ2n) is 5.85. The highest BCUT2D eigenvalue weighted by atomic mass is 16.5. The van der Waals surface area contributed by atoms with Crippen LogP contribution in [-0.4, -0.2) is 17.5 Å². The Bertz CT molecular complexity index is 823. The maximum atomic E-state index is 11.3. The number of phenolic OH excluding ortho intramolecular Hbond substituents is 1. The van der Waals surface area contributed by atoms with Crippen molar-refractivity contribution in [1.82, 2.24) is 0 Å². The number of carbonyl (C=O) groups excluding carboxylic acids is 1. The average molecular weight is 323 g/mol. The van der Waals surface area contributed by atoms with Crippen molar-refractivity contribution in [1.29, 1.82) is 5.26 Å². The zero-order valence-corrected chi connectivity index (χ0v) is 13.3. The van der Waals surface area contributed by atoms with Crippen LogP contribution in [0.15, 0.2) is 36.4 Å². The maximum Gasteiger partial charge on any atom is 0.232 e. The van der Waals surface area contributed by atoms with Crippen LogP contribution in [0, 0.1) is 18.3 Å². The number of ketones is 1. The minimum absolute atomic E-state index is 0.0689. The Kier molecular flexibility index (Phi) is 4.39. The lowest BCUT2D eigenvalue weighted by Crippen LogP contribution is -2.06. The van der Waals surface area contributed by atoms with Crippen LogP contribution in [0.1, 0.15) is 29.0 Å². The summed E-state index contributed by atoms with van der Waals surface area (Å²) in [5.74, 6) is 1.11. The van der Waals surface area contributed by atoms with Crippen LogP contribution in [0.3, 0.4) is 0 Å². The highest BCUT2D eigenvalue weighted by molar-refractivity contribution is 5.93. The summed E-state index contributed by atoms with van der Waals surface area (Å²) in [5.41, 5.74) is 2.89. The fourth-order valence-corrected chi connectivity index (χ4v) is 2.79. The average Bonchev–Trinajstić information content (AvgIpc) is 2.96. The molecule has 122 valence electrons. The van der Waals surface area contributed by atoms with Gasteiger partial charge < -0.3 is 14.6 Å². The van der Waals surface area contributed by atoms with Gasteiger partial charge in [0.1, 0.15) is 29.9 Å². The summed E-state index contributed by atoms with van der Waals surface area (Å²) in [6, 6.07) is 12.3. The molecule has 0 saturated heterocycles. The molecule has 0 aliphatic carbocycles. The minimum Gasteiger partial charge on any atom is -0.508 e. The number of rotatable bonds is 5. The first kappa shape index (κ1) is 15.9. The molecule has 1 heterocycles. The number of Topliss-reactive ketones (excluding diaryl/α,β-unsaturated/α-hetero) is 1. The van der Waals surface area contributed by atoms with Gasteiger partial charge in [-0.05, 0) is 36.2 Å². The molecule has 1 aliphatic heterocycles. The molecule has 5 heteroatoms. The first-order valence-corrected chi connectivity index (χ1v) is 7.68. The van der Waals surface area contributed by atoms with Crippen LogP contribution < -0.4 is 9.47 Å². The lowest BCUT2D eigenvalue weighted by atomic mass is 9.96. The van der Waals surface area contributed by atoms with Crippen LogP contribution in [0.4, 0.5) is 0 Å². The summed E-state index contributed by atoms with van der Waals surface area (Å²) in [5, 5.41) is 18.1. The van der Waals surface area contributed by atoms with Gasteiger partial charge in [-0.25, -0.2) is 0 Å². The van der Waals surface area contributed by atoms with Crippen molar-refractivity contribution in [2.45, 2.75) is 25.9 Å². The molecule has 0 fully saturated rings. The van der Waals surface area contributed by atoms with Crippen molar-refractivity contribution in [3.8, 4) is 23.3 Å². The van der Waals surface area contributed by atoms with Gasteiger partial charge in [-0.1, -0.05) is 12.1 Å². The third-order valence-electron chi connectivity index (χ3n) is 4.14. The summed E-state index contributed by atoms with van der Waals surface area (Å²) >= 11 is 0. The van der Waals surface area contributed by atoms with Gasteiger partial charge in [-0.2, -0.15) is 5.26 Å². The quantitative estimate of drug-likeness (QED) is 0.855. The van der Waals surface area contributed by atoms with Crippen molar-refractivity contribution < 1.29 is 19.4 Å². The molecule has 1 unspecified atom stereocenters. The molecule has 0 saturated carbocycles. The van der Waals surface area contributed by atoms with E-state index in [0.29, 0.717) is 24.7 Å². The molecule has 0 spiro atoms. The van der Waals surface area contributed by atoms with E-state index >= 15 is 0 Å². The minimum atomic E-state index is -0.431. The van der Waals surface area contributed by atoms with E-state index in [4.69, 9.17) is 14.7 Å². The molecule has 1 atom stereocenters. The summed E-state index contributed by atoms with van der Waals surface area (Å²) in [6.07, 6.45) is 0.177. The largest absolute Gasteiger partial charge is 0.508 e. The molecule has 0 bridgehead atoms. The van der Waals surface area contributed by atoms with Crippen molar-refractivity contribution in [2.75, 3.05) is 6.61 Å². The van der Waals surface area contributed by atoms with Gasteiger partial charge >= 0.3 is 0 Å². The Balaban J connectivity index is 1.69. The molecule has 5 nitrogen and oxygen atoms in total. The third kappa shape index (κ3) is 3.33. The number of hydrogen-bond donors (Lipinski definition) is 1. The standard InChI is InChI=1S/C19H17NO4/c1-12-6-15(21)3-2-13(12)10-23-17-4-5-18-14(7-16(22)9-20)11-24-19(18)8-17/h2-6,8,14,21H,7,10-11H2,1H3. The third-order valence-corrected chi connectivity index (χ3v) is 4.14. The molecule has 3 rings (SSSR count). The predicted octanol–water partition coefficient (Wildman–Crippen LogP) is 3.24. The maximum absolute atomic E-state index is 11.3. The monoisotopic (exact) mass is 323 g/mol. The van der Waals surface area contributed by atoms with E-state index in [1.807, 2.05) is 31.2 Å². The summed E-state index contributed by atoms with van der Waals surface area (Å²) in [7, 11) is 0. The number of benzene rings is 2. The van der Waals surface area contributed by atoms with Crippen LogP contribution in [0.2, 0.25) is 0 Å². The lowest BCUT2D eigenvalue weighted by Gasteiger charge is -2.10. The van der Waals surface area contributed by atoms with Crippen molar-refractivity contribution in [3.05, 3.63) is 53.1 Å². The van der Waals surface area contributed by atoms with Gasteiger partial charge in [0.2, 0.25) is 5.78 Å². The fraction of sp³-hybridized carbons (Fsp3) is 0.263. The Hall–Kier alpha value is -3.00. The van der Waals surface area contributed by atoms with Gasteiger partial charge in [0.15, 0.2) is 0 Å². The zero-order chi connectivity index (χ0) is 17.1. The first-order chi connectivity index (χ1) is 11.6. The number of hydrogen-bond acceptors (Lipinski definition) is 5. The van der Waals surface area contributed by atoms with Crippen LogP contribution in [0.25, 0.3) is 0 Å². The van der Waals surface area contributed by atoms with Crippen molar-refractivity contribution in [3.63, 3.8) is 0 Å². The second-order valence-corrected chi connectivity index (χ2v) is 5.85. The SMILES string of the molecule is Cc1cc(O)ccc1COc1ccc2c(c1)OCC2CC(=O)C#N. The molecule has 0 aromatic heterocycles. The van der Waals surface area contributed by atoms with E-state index in [1.54, 1.807) is 18.2 Å². The van der Waals surface area contributed by atoms with E-state index in [-0.39, 0.29) is 18.1 Å². The molecule has 1 N–H and O–H groups in total. The van der Waals surface area contributed by atoms with E-state index in [0.717, 1.165) is 16.7 Å². The van der Waals surface area contributed by atoms with Gasteiger partial charge in [-0.3, -0.25) is 4.79 Å². The van der Waals surface area contributed by atoms with E-state index in [2.05, 4.69) is 0 Å². The van der Waals surface area contributed by atoms with Gasteiger partial charge in [0, 0.05) is 24.0 Å². The van der Waals surface area contributed by atoms with Gasteiger partial charge in [0.25, 0.3) is 0 Å². The number of fused-ring (bicyclic) bond motifs is 1. The van der Waals surface area contributed by atoms with Gasteiger partial charge in [-0.15, -0.1) is 0 Å². The number of nitrogens with zero attached hydrogens (tertiary/aromatic N) is 1. The van der Waals surface area contributed by atoms with Crippen molar-refractivity contribution >= 4 is 5.78 Å². The number of phenols is 1. The summed E-state index contributed by atoms with van der Waals surface area (Å²) in [6.45, 7) is 2.71. The number of aromatic hydroxyl groups is 1. The predicted molar refractivity (Wildman–Crippen MR) is 87.1 cm³/mol.